The molecule has 0 radical (unpaired) electrons. The number of nitrogens with two attached hydrogens (primary N) is 1. The molecular weight excluding hydrogens is 212 g/mol. The second-order valence-corrected chi connectivity index (χ2v) is 4.20. The smallest absolute Gasteiger partial charge is 0.154 e. The summed E-state index contributed by atoms with van der Waals surface area (Å²) >= 11 is 5.89. The minimum absolute atomic E-state index is 0.395. The van der Waals surface area contributed by atoms with Gasteiger partial charge >= 0.3 is 0 Å². The van der Waals surface area contributed by atoms with E-state index in [1.807, 2.05) is 12.1 Å². The number of pyridine rings is 1. The van der Waals surface area contributed by atoms with Crippen molar-refractivity contribution >= 4 is 23.1 Å². The Bertz CT molecular complexity index is 347. The molecule has 1 aromatic heterocycles. The van der Waals surface area contributed by atoms with Gasteiger partial charge in [0.2, 0.25) is 0 Å². The summed E-state index contributed by atoms with van der Waals surface area (Å²) in [5.74, 6) is 0.919. The summed E-state index contributed by atoms with van der Waals surface area (Å²) in [5.41, 5.74) is 6.16. The Morgan fingerprint density at radius 2 is 1.93 bits per heavy atom. The van der Waals surface area contributed by atoms with Crippen molar-refractivity contribution in [3.05, 3.63) is 17.3 Å². The highest BCUT2D eigenvalue weighted by Gasteiger charge is 2.15. The summed E-state index contributed by atoms with van der Waals surface area (Å²) in [7, 11) is 2.13. The van der Waals surface area contributed by atoms with Crippen LogP contribution in [0.15, 0.2) is 12.1 Å². The molecule has 5 heteroatoms. The number of likely N-dealkylation sites (N-methyl/N-ethyl adjacent to an activating group) is 1. The van der Waals surface area contributed by atoms with Crippen LogP contribution in [-0.2, 0) is 0 Å². The van der Waals surface area contributed by atoms with Gasteiger partial charge in [0.15, 0.2) is 5.15 Å². The van der Waals surface area contributed by atoms with Crippen LogP contribution < -0.4 is 10.6 Å². The maximum atomic E-state index is 5.89. The summed E-state index contributed by atoms with van der Waals surface area (Å²) in [6, 6.07) is 3.73. The van der Waals surface area contributed by atoms with E-state index in [9.17, 15) is 0 Å². The SMILES string of the molecule is CN1CCN(c2ccc(N)c(Cl)n2)CC1. The van der Waals surface area contributed by atoms with Gasteiger partial charge in [0.25, 0.3) is 0 Å². The number of nitrogen functional groups attached to an aromatic ring is 1. The highest BCUT2D eigenvalue weighted by atomic mass is 35.5. The zero-order valence-corrected chi connectivity index (χ0v) is 9.54. The molecule has 2 N–H and O–H groups in total. The molecule has 0 saturated carbocycles. The number of rotatable bonds is 1. The number of hydrogen-bond donors (Lipinski definition) is 1. The van der Waals surface area contributed by atoms with Gasteiger partial charge in [-0.1, -0.05) is 11.6 Å². The zero-order valence-electron chi connectivity index (χ0n) is 8.78. The molecule has 0 aromatic carbocycles. The van der Waals surface area contributed by atoms with Crippen molar-refractivity contribution in [3.8, 4) is 0 Å². The maximum absolute atomic E-state index is 5.89. The van der Waals surface area contributed by atoms with Gasteiger partial charge in [0.1, 0.15) is 5.82 Å². The van der Waals surface area contributed by atoms with E-state index in [-0.39, 0.29) is 0 Å². The largest absolute Gasteiger partial charge is 0.396 e. The topological polar surface area (TPSA) is 45.4 Å². The fraction of sp³-hybridized carbons (Fsp3) is 0.500. The highest BCUT2D eigenvalue weighted by molar-refractivity contribution is 6.31. The highest BCUT2D eigenvalue weighted by Crippen LogP contribution is 2.21. The van der Waals surface area contributed by atoms with Crippen LogP contribution in [-0.4, -0.2) is 43.1 Å². The molecule has 0 aliphatic carbocycles. The number of aromatic nitrogens is 1. The predicted molar refractivity (Wildman–Crippen MR) is 63.4 cm³/mol. The van der Waals surface area contributed by atoms with Crippen LogP contribution in [0.25, 0.3) is 0 Å². The number of hydrogen-bond acceptors (Lipinski definition) is 4. The van der Waals surface area contributed by atoms with E-state index < -0.39 is 0 Å². The third-order valence-corrected chi connectivity index (χ3v) is 2.99. The van der Waals surface area contributed by atoms with Gasteiger partial charge in [-0.25, -0.2) is 4.98 Å². The first-order valence-corrected chi connectivity index (χ1v) is 5.40. The molecule has 0 unspecified atom stereocenters. The summed E-state index contributed by atoms with van der Waals surface area (Å²) in [5, 5.41) is 0.395. The monoisotopic (exact) mass is 226 g/mol. The van der Waals surface area contributed by atoms with Gasteiger partial charge < -0.3 is 15.5 Å². The van der Waals surface area contributed by atoms with Gasteiger partial charge in [-0.05, 0) is 19.2 Å². The quantitative estimate of drug-likeness (QED) is 0.728. The van der Waals surface area contributed by atoms with Crippen LogP contribution in [0.5, 0.6) is 0 Å². The standard InChI is InChI=1S/C10H15ClN4/c1-14-4-6-15(7-5-14)9-3-2-8(12)10(11)13-9/h2-3H,4-7,12H2,1H3. The van der Waals surface area contributed by atoms with E-state index in [4.69, 9.17) is 17.3 Å². The second-order valence-electron chi connectivity index (χ2n) is 3.84. The molecular formula is C10H15ClN4. The first-order chi connectivity index (χ1) is 7.16. The lowest BCUT2D eigenvalue weighted by Gasteiger charge is -2.33. The van der Waals surface area contributed by atoms with Crippen molar-refractivity contribution in [2.24, 2.45) is 0 Å². The molecule has 0 bridgehead atoms. The number of anilines is 2. The molecule has 4 nitrogen and oxygen atoms in total. The zero-order chi connectivity index (χ0) is 10.8. The van der Waals surface area contributed by atoms with E-state index in [1.54, 1.807) is 0 Å². The van der Waals surface area contributed by atoms with Gasteiger partial charge in [-0.15, -0.1) is 0 Å². The number of halogens is 1. The minimum Gasteiger partial charge on any atom is -0.396 e. The Kier molecular flexibility index (Phi) is 2.98. The summed E-state index contributed by atoms with van der Waals surface area (Å²) in [6.45, 7) is 4.10. The predicted octanol–water partition coefficient (Wildman–Crippen LogP) is 1.07. The van der Waals surface area contributed by atoms with Crippen molar-refractivity contribution in [2.45, 2.75) is 0 Å². The van der Waals surface area contributed by atoms with Crippen LogP contribution in [0.1, 0.15) is 0 Å². The molecule has 0 atom stereocenters. The molecule has 82 valence electrons. The van der Waals surface area contributed by atoms with E-state index in [1.165, 1.54) is 0 Å². The van der Waals surface area contributed by atoms with E-state index in [0.717, 1.165) is 32.0 Å². The Morgan fingerprint density at radius 1 is 1.27 bits per heavy atom. The lowest BCUT2D eigenvalue weighted by Crippen LogP contribution is -2.44. The fourth-order valence-electron chi connectivity index (χ4n) is 1.65. The minimum atomic E-state index is 0.395. The molecule has 1 aliphatic rings. The molecule has 1 fully saturated rings. The lowest BCUT2D eigenvalue weighted by molar-refractivity contribution is 0.312. The van der Waals surface area contributed by atoms with Gasteiger partial charge in [0, 0.05) is 26.2 Å². The van der Waals surface area contributed by atoms with Crippen molar-refractivity contribution in [1.82, 2.24) is 9.88 Å². The maximum Gasteiger partial charge on any atom is 0.154 e. The summed E-state index contributed by atoms with van der Waals surface area (Å²) in [6.07, 6.45) is 0. The molecule has 1 saturated heterocycles. The van der Waals surface area contributed by atoms with Gasteiger partial charge in [-0.3, -0.25) is 0 Å². The molecule has 1 aromatic rings. The van der Waals surface area contributed by atoms with Crippen molar-refractivity contribution < 1.29 is 0 Å². The molecule has 2 rings (SSSR count). The van der Waals surface area contributed by atoms with Crippen LogP contribution in [0.4, 0.5) is 11.5 Å². The Labute approximate surface area is 94.6 Å². The van der Waals surface area contributed by atoms with Crippen molar-refractivity contribution in [3.63, 3.8) is 0 Å². The fourth-order valence-corrected chi connectivity index (χ4v) is 1.80. The normalized spacial score (nSPS) is 18.1. The van der Waals surface area contributed by atoms with Crippen LogP contribution in [0.2, 0.25) is 5.15 Å². The lowest BCUT2D eigenvalue weighted by atomic mass is 10.3. The second kappa shape index (κ2) is 4.24. The number of piperazine rings is 1. The first kappa shape index (κ1) is 10.5. The molecule has 15 heavy (non-hydrogen) atoms. The Hall–Kier alpha value is -1.000. The molecule has 0 spiro atoms. The van der Waals surface area contributed by atoms with Crippen LogP contribution in [0.3, 0.4) is 0 Å². The van der Waals surface area contributed by atoms with Crippen LogP contribution in [0, 0.1) is 0 Å². The Morgan fingerprint density at radius 3 is 2.53 bits per heavy atom. The molecule has 1 aliphatic heterocycles. The average molecular weight is 227 g/mol. The van der Waals surface area contributed by atoms with Crippen molar-refractivity contribution in [2.75, 3.05) is 43.9 Å². The van der Waals surface area contributed by atoms with E-state index >= 15 is 0 Å². The van der Waals surface area contributed by atoms with Crippen LogP contribution >= 0.6 is 11.6 Å². The van der Waals surface area contributed by atoms with Gasteiger partial charge in [0.05, 0.1) is 5.69 Å². The van der Waals surface area contributed by atoms with E-state index in [0.29, 0.717) is 10.8 Å². The van der Waals surface area contributed by atoms with E-state index in [2.05, 4.69) is 21.8 Å². The average Bonchev–Trinajstić information content (AvgIpc) is 2.23. The summed E-state index contributed by atoms with van der Waals surface area (Å²) < 4.78 is 0. The molecule has 2 heterocycles. The van der Waals surface area contributed by atoms with Crippen molar-refractivity contribution in [1.29, 1.82) is 0 Å². The summed E-state index contributed by atoms with van der Waals surface area (Å²) in [4.78, 5) is 8.80. The third-order valence-electron chi connectivity index (χ3n) is 2.69. The number of nitrogens with zero attached hydrogens (tertiary/aromatic N) is 3. The van der Waals surface area contributed by atoms with Gasteiger partial charge in [-0.2, -0.15) is 0 Å². The first-order valence-electron chi connectivity index (χ1n) is 5.02. The molecule has 0 amide bonds. The Balaban J connectivity index is 2.12. The third kappa shape index (κ3) is 2.33.